The average molecular weight is 526 g/mol. The van der Waals surface area contributed by atoms with Gasteiger partial charge in [-0.1, -0.05) is 83.3 Å². The van der Waals surface area contributed by atoms with Gasteiger partial charge in [0, 0.05) is 12.5 Å². The molecule has 2 fully saturated rings. The lowest BCUT2D eigenvalue weighted by atomic mass is 9.99. The number of hydrogen-bond acceptors (Lipinski definition) is 6. The molecule has 2 aromatic carbocycles. The molecule has 0 amide bonds. The van der Waals surface area contributed by atoms with Crippen molar-refractivity contribution >= 4 is 28.6 Å². The molecule has 0 aromatic heterocycles. The Labute approximate surface area is 190 Å². The minimum Gasteiger partial charge on any atom is -0.457 e. The van der Waals surface area contributed by atoms with Gasteiger partial charge in [0.1, 0.15) is 6.10 Å². The number of ether oxygens (including phenoxy) is 5. The van der Waals surface area contributed by atoms with Crippen LogP contribution in [0.2, 0.25) is 0 Å². The highest BCUT2D eigenvalue weighted by atomic mass is 127. The van der Waals surface area contributed by atoms with E-state index in [1.165, 1.54) is 6.92 Å². The SMILES string of the molecule is CC(=O)OC1C(OCc2ccccc2)C(C)OC2OC(c3ccccc3)OC21.CI. The normalized spacial score (nSPS) is 30.0. The summed E-state index contributed by atoms with van der Waals surface area (Å²) in [7, 11) is 0. The van der Waals surface area contributed by atoms with Crippen LogP contribution in [0.3, 0.4) is 0 Å². The first-order valence-corrected chi connectivity index (χ1v) is 12.0. The molecule has 6 nitrogen and oxygen atoms in total. The van der Waals surface area contributed by atoms with E-state index in [-0.39, 0.29) is 6.10 Å². The number of alkyl halides is 1. The molecule has 30 heavy (non-hydrogen) atoms. The third kappa shape index (κ3) is 5.59. The van der Waals surface area contributed by atoms with Gasteiger partial charge in [-0.15, -0.1) is 0 Å². The van der Waals surface area contributed by atoms with Gasteiger partial charge < -0.3 is 23.7 Å². The zero-order valence-electron chi connectivity index (χ0n) is 17.3. The molecule has 2 heterocycles. The molecule has 2 aromatic rings. The highest BCUT2D eigenvalue weighted by Gasteiger charge is 2.53. The lowest BCUT2D eigenvalue weighted by Crippen LogP contribution is -2.57. The van der Waals surface area contributed by atoms with Crippen molar-refractivity contribution in [1.29, 1.82) is 0 Å². The van der Waals surface area contributed by atoms with Gasteiger partial charge in [-0.3, -0.25) is 4.79 Å². The van der Waals surface area contributed by atoms with Crippen molar-refractivity contribution < 1.29 is 28.5 Å². The Morgan fingerprint density at radius 3 is 2.20 bits per heavy atom. The second-order valence-electron chi connectivity index (χ2n) is 7.02. The smallest absolute Gasteiger partial charge is 0.303 e. The molecule has 2 saturated heterocycles. The summed E-state index contributed by atoms with van der Waals surface area (Å²) in [6, 6.07) is 19.5. The van der Waals surface area contributed by atoms with Crippen LogP contribution in [-0.4, -0.2) is 41.6 Å². The Hall–Kier alpha value is -1.52. The van der Waals surface area contributed by atoms with E-state index in [1.807, 2.05) is 72.5 Å². The Morgan fingerprint density at radius 1 is 0.933 bits per heavy atom. The lowest BCUT2D eigenvalue weighted by molar-refractivity contribution is -0.259. The molecule has 0 radical (unpaired) electrons. The number of halogens is 1. The quantitative estimate of drug-likeness (QED) is 0.327. The largest absolute Gasteiger partial charge is 0.457 e. The first kappa shape index (κ1) is 23.1. The molecule has 7 heteroatoms. The van der Waals surface area contributed by atoms with E-state index in [4.69, 9.17) is 23.7 Å². The molecular weight excluding hydrogens is 499 g/mol. The summed E-state index contributed by atoms with van der Waals surface area (Å²) >= 11 is 2.15. The predicted molar refractivity (Wildman–Crippen MR) is 120 cm³/mol. The van der Waals surface area contributed by atoms with Crippen molar-refractivity contribution in [2.75, 3.05) is 4.93 Å². The minimum absolute atomic E-state index is 0.326. The molecule has 2 aliphatic rings. The van der Waals surface area contributed by atoms with Gasteiger partial charge in [0.2, 0.25) is 0 Å². The Balaban J connectivity index is 0.00000124. The van der Waals surface area contributed by atoms with Crippen LogP contribution in [0.5, 0.6) is 0 Å². The van der Waals surface area contributed by atoms with E-state index in [0.717, 1.165) is 11.1 Å². The first-order valence-electron chi connectivity index (χ1n) is 9.83. The van der Waals surface area contributed by atoms with Crippen LogP contribution >= 0.6 is 22.6 Å². The number of rotatable bonds is 5. The number of hydrogen-bond donors (Lipinski definition) is 0. The molecule has 162 valence electrons. The molecule has 0 N–H and O–H groups in total. The summed E-state index contributed by atoms with van der Waals surface area (Å²) < 4.78 is 29.8. The van der Waals surface area contributed by atoms with E-state index in [1.54, 1.807) is 0 Å². The molecule has 0 spiro atoms. The van der Waals surface area contributed by atoms with Crippen molar-refractivity contribution in [3.05, 3.63) is 71.8 Å². The second-order valence-corrected chi connectivity index (χ2v) is 7.02. The van der Waals surface area contributed by atoms with Gasteiger partial charge in [0.05, 0.1) is 12.7 Å². The number of fused-ring (bicyclic) bond motifs is 1. The predicted octanol–water partition coefficient (Wildman–Crippen LogP) is 4.41. The van der Waals surface area contributed by atoms with Gasteiger partial charge in [-0.05, 0) is 17.4 Å². The highest BCUT2D eigenvalue weighted by Crippen LogP contribution is 2.40. The molecule has 4 rings (SSSR count). The Morgan fingerprint density at radius 2 is 1.57 bits per heavy atom. The van der Waals surface area contributed by atoms with Crippen molar-refractivity contribution in [2.24, 2.45) is 0 Å². The van der Waals surface area contributed by atoms with Crippen molar-refractivity contribution in [2.45, 2.75) is 57.5 Å². The van der Waals surface area contributed by atoms with E-state index >= 15 is 0 Å². The monoisotopic (exact) mass is 526 g/mol. The number of carbonyl (C=O) groups is 1. The molecule has 0 aliphatic carbocycles. The zero-order chi connectivity index (χ0) is 21.5. The third-order valence-electron chi connectivity index (χ3n) is 4.92. The maximum Gasteiger partial charge on any atom is 0.303 e. The van der Waals surface area contributed by atoms with E-state index in [2.05, 4.69) is 22.6 Å². The van der Waals surface area contributed by atoms with Gasteiger partial charge in [-0.25, -0.2) is 0 Å². The number of carbonyl (C=O) groups excluding carboxylic acids is 1. The van der Waals surface area contributed by atoms with Gasteiger partial charge >= 0.3 is 5.97 Å². The molecule has 0 saturated carbocycles. The van der Waals surface area contributed by atoms with Crippen LogP contribution in [-0.2, 0) is 35.1 Å². The molecular formula is C23H27IO6. The molecule has 6 unspecified atom stereocenters. The minimum atomic E-state index is -0.624. The van der Waals surface area contributed by atoms with Crippen molar-refractivity contribution in [3.63, 3.8) is 0 Å². The fraction of sp³-hybridized carbons (Fsp3) is 0.435. The maximum atomic E-state index is 11.8. The summed E-state index contributed by atoms with van der Waals surface area (Å²) in [4.78, 5) is 13.7. The van der Waals surface area contributed by atoms with E-state index < -0.39 is 36.9 Å². The summed E-state index contributed by atoms with van der Waals surface area (Å²) in [5.74, 6) is -0.391. The zero-order valence-corrected chi connectivity index (χ0v) is 19.4. The average Bonchev–Trinajstić information content (AvgIpc) is 3.20. The summed E-state index contributed by atoms with van der Waals surface area (Å²) in [6.07, 6.45) is -3.18. The summed E-state index contributed by atoms with van der Waals surface area (Å²) in [5.41, 5.74) is 1.92. The van der Waals surface area contributed by atoms with Gasteiger partial charge in [-0.2, -0.15) is 0 Å². The van der Waals surface area contributed by atoms with E-state index in [0.29, 0.717) is 6.61 Å². The highest BCUT2D eigenvalue weighted by molar-refractivity contribution is 14.1. The molecule has 6 atom stereocenters. The first-order chi connectivity index (χ1) is 14.6. The standard InChI is InChI=1S/C22H24O6.CH3I/c1-14-18(24-13-16-9-5-3-6-10-16)19(26-15(2)23)20-22(25-14)28-21(27-20)17-11-7-4-8-12-17;1-2/h3-12,14,18-22H,13H2,1-2H3;1H3. The lowest BCUT2D eigenvalue weighted by Gasteiger charge is -2.40. The van der Waals surface area contributed by atoms with Crippen LogP contribution in [0.15, 0.2) is 60.7 Å². The fourth-order valence-corrected chi connectivity index (χ4v) is 3.61. The van der Waals surface area contributed by atoms with Gasteiger partial charge in [0.25, 0.3) is 0 Å². The van der Waals surface area contributed by atoms with Crippen LogP contribution in [0.4, 0.5) is 0 Å². The number of benzene rings is 2. The van der Waals surface area contributed by atoms with E-state index in [9.17, 15) is 4.79 Å². The van der Waals surface area contributed by atoms with Crippen LogP contribution in [0.25, 0.3) is 0 Å². The summed E-state index contributed by atoms with van der Waals surface area (Å²) in [6.45, 7) is 3.66. The maximum absolute atomic E-state index is 11.8. The number of esters is 1. The molecule has 0 bridgehead atoms. The third-order valence-corrected chi connectivity index (χ3v) is 4.92. The van der Waals surface area contributed by atoms with Crippen LogP contribution in [0.1, 0.15) is 31.3 Å². The van der Waals surface area contributed by atoms with Crippen molar-refractivity contribution in [1.82, 2.24) is 0 Å². The fourth-order valence-electron chi connectivity index (χ4n) is 3.61. The Bertz CT molecular complexity index is 785. The van der Waals surface area contributed by atoms with Crippen molar-refractivity contribution in [3.8, 4) is 0 Å². The van der Waals surface area contributed by atoms with Crippen LogP contribution < -0.4 is 0 Å². The summed E-state index contributed by atoms with van der Waals surface area (Å²) in [5, 5.41) is 0. The topological polar surface area (TPSA) is 63.2 Å². The Kier molecular flexibility index (Phi) is 8.64. The second kappa shape index (κ2) is 11.2. The molecule has 2 aliphatic heterocycles. The van der Waals surface area contributed by atoms with Crippen LogP contribution in [0, 0.1) is 0 Å². The van der Waals surface area contributed by atoms with Gasteiger partial charge in [0.15, 0.2) is 24.8 Å².